The number of carbonyl (C=O) groups is 2. The van der Waals surface area contributed by atoms with Gasteiger partial charge in [-0.05, 0) is 65.8 Å². The molecule has 0 unspecified atom stereocenters. The average Bonchev–Trinajstić information content (AvgIpc) is 3.52. The van der Waals surface area contributed by atoms with E-state index in [1.165, 1.54) is 12.1 Å². The Morgan fingerprint density at radius 3 is 2.83 bits per heavy atom. The van der Waals surface area contributed by atoms with Gasteiger partial charge in [-0.15, -0.1) is 11.3 Å². The number of para-hydroxylation sites is 1. The molecule has 5 rings (SSSR count). The molecule has 0 bridgehead atoms. The number of rotatable bonds is 5. The molecule has 0 aliphatic heterocycles. The van der Waals surface area contributed by atoms with Gasteiger partial charge in [-0.1, -0.05) is 35.9 Å². The van der Waals surface area contributed by atoms with Crippen LogP contribution in [0.1, 0.15) is 38.5 Å². The first-order chi connectivity index (χ1) is 17.0. The summed E-state index contributed by atoms with van der Waals surface area (Å²) in [6.45, 7) is -0.500. The van der Waals surface area contributed by atoms with E-state index in [-0.39, 0.29) is 11.3 Å². The number of anilines is 1. The second-order valence-electron chi connectivity index (χ2n) is 7.94. The van der Waals surface area contributed by atoms with Gasteiger partial charge in [-0.25, -0.2) is 9.78 Å². The molecule has 1 aliphatic rings. The zero-order valence-electron chi connectivity index (χ0n) is 18.4. The summed E-state index contributed by atoms with van der Waals surface area (Å²) in [5, 5.41) is 14.9. The number of nitrogens with one attached hydrogen (secondary N) is 1. The monoisotopic (exact) mass is 499 g/mol. The van der Waals surface area contributed by atoms with Crippen molar-refractivity contribution in [2.75, 3.05) is 11.9 Å². The van der Waals surface area contributed by atoms with Crippen LogP contribution in [0.2, 0.25) is 5.02 Å². The lowest BCUT2D eigenvalue weighted by Gasteiger charge is -2.13. The Morgan fingerprint density at radius 1 is 1.17 bits per heavy atom. The van der Waals surface area contributed by atoms with Crippen molar-refractivity contribution < 1.29 is 14.3 Å². The first kappa shape index (κ1) is 22.8. The number of benzene rings is 2. The topological polar surface area (TPSA) is 92.1 Å². The maximum absolute atomic E-state index is 13.3. The molecule has 0 spiro atoms. The number of amides is 1. The zero-order chi connectivity index (χ0) is 24.4. The molecule has 2 aromatic heterocycles. The van der Waals surface area contributed by atoms with Gasteiger partial charge in [0.05, 0.1) is 28.0 Å². The Morgan fingerprint density at radius 2 is 2.03 bits per heavy atom. The maximum atomic E-state index is 13.3. The van der Waals surface area contributed by atoms with Gasteiger partial charge in [-0.3, -0.25) is 4.79 Å². The molecule has 2 aromatic carbocycles. The van der Waals surface area contributed by atoms with E-state index in [9.17, 15) is 14.9 Å². The zero-order valence-corrected chi connectivity index (χ0v) is 19.9. The summed E-state index contributed by atoms with van der Waals surface area (Å²) in [6, 6.07) is 18.0. The lowest BCUT2D eigenvalue weighted by molar-refractivity contribution is -0.119. The predicted molar refractivity (Wildman–Crippen MR) is 137 cm³/mol. The van der Waals surface area contributed by atoms with Gasteiger partial charge in [0, 0.05) is 15.3 Å². The van der Waals surface area contributed by atoms with Crippen molar-refractivity contribution in [3.8, 4) is 6.07 Å². The molecule has 0 atom stereocenters. The molecular formula is C27H18ClN3O3S. The predicted octanol–water partition coefficient (Wildman–Crippen LogP) is 6.10. The molecule has 6 nitrogen and oxygen atoms in total. The van der Waals surface area contributed by atoms with E-state index < -0.39 is 18.5 Å². The summed E-state index contributed by atoms with van der Waals surface area (Å²) in [5.74, 6) is -1.15. The van der Waals surface area contributed by atoms with Crippen molar-refractivity contribution in [3.05, 3.63) is 92.3 Å². The third-order valence-electron chi connectivity index (χ3n) is 5.72. The van der Waals surface area contributed by atoms with Crippen molar-refractivity contribution in [2.24, 2.45) is 0 Å². The number of thiophene rings is 1. The van der Waals surface area contributed by atoms with Crippen LogP contribution in [0.5, 0.6) is 0 Å². The van der Waals surface area contributed by atoms with Crippen molar-refractivity contribution in [1.82, 2.24) is 4.98 Å². The molecule has 0 saturated heterocycles. The van der Waals surface area contributed by atoms with Crippen LogP contribution in [-0.4, -0.2) is 23.5 Å². The number of halogens is 1. The highest BCUT2D eigenvalue weighted by atomic mass is 35.5. The molecule has 0 radical (unpaired) electrons. The number of nitrogens with zero attached hydrogens (tertiary/aromatic N) is 2. The van der Waals surface area contributed by atoms with E-state index in [4.69, 9.17) is 21.3 Å². The maximum Gasteiger partial charge on any atom is 0.339 e. The lowest BCUT2D eigenvalue weighted by Crippen LogP contribution is -2.22. The minimum atomic E-state index is -0.584. The summed E-state index contributed by atoms with van der Waals surface area (Å²) < 4.78 is 5.43. The Labute approximate surface area is 210 Å². The number of fused-ring (bicyclic) bond motifs is 2. The highest BCUT2D eigenvalue weighted by molar-refractivity contribution is 7.10. The van der Waals surface area contributed by atoms with Crippen LogP contribution >= 0.6 is 22.9 Å². The number of carbonyl (C=O) groups excluding carboxylic acids is 2. The van der Waals surface area contributed by atoms with Crippen molar-refractivity contribution in [2.45, 2.75) is 12.8 Å². The molecular weight excluding hydrogens is 482 g/mol. The van der Waals surface area contributed by atoms with Gasteiger partial charge in [0.15, 0.2) is 6.61 Å². The van der Waals surface area contributed by atoms with Crippen molar-refractivity contribution >= 4 is 63.1 Å². The fourth-order valence-electron chi connectivity index (χ4n) is 4.16. The molecule has 35 heavy (non-hydrogen) atoms. The number of esters is 1. The largest absolute Gasteiger partial charge is 0.452 e. The van der Waals surface area contributed by atoms with Crippen LogP contribution in [0.4, 0.5) is 5.69 Å². The second-order valence-corrected chi connectivity index (χ2v) is 9.36. The molecule has 8 heteroatoms. The molecule has 0 fully saturated rings. The first-order valence-electron chi connectivity index (χ1n) is 10.9. The van der Waals surface area contributed by atoms with Gasteiger partial charge in [0.1, 0.15) is 6.07 Å². The second kappa shape index (κ2) is 9.71. The number of aromatic nitrogens is 1. The van der Waals surface area contributed by atoms with Gasteiger partial charge in [0.25, 0.3) is 5.91 Å². The number of pyridine rings is 1. The molecule has 172 valence electrons. The van der Waals surface area contributed by atoms with Crippen LogP contribution in [0.3, 0.4) is 0 Å². The number of hydrogen-bond donors (Lipinski definition) is 1. The van der Waals surface area contributed by atoms with E-state index in [1.54, 1.807) is 17.4 Å². The number of hydrogen-bond acceptors (Lipinski definition) is 6. The Balaban J connectivity index is 1.42. The average molecular weight is 500 g/mol. The highest BCUT2D eigenvalue weighted by Gasteiger charge is 2.28. The Bertz CT molecular complexity index is 1540. The van der Waals surface area contributed by atoms with Crippen LogP contribution < -0.4 is 5.32 Å². The molecule has 4 aromatic rings. The third kappa shape index (κ3) is 4.67. The third-order valence-corrected chi connectivity index (χ3v) is 6.77. The van der Waals surface area contributed by atoms with E-state index in [0.29, 0.717) is 27.9 Å². The molecule has 2 heterocycles. The Hall–Kier alpha value is -3.99. The minimum absolute atomic E-state index is 0.261. The van der Waals surface area contributed by atoms with Crippen LogP contribution in [0, 0.1) is 11.3 Å². The number of ether oxygens (including phenoxy) is 1. The normalized spacial score (nSPS) is 13.4. The molecule has 0 saturated carbocycles. The lowest BCUT2D eigenvalue weighted by atomic mass is 10.0. The minimum Gasteiger partial charge on any atom is -0.452 e. The number of nitriles is 1. The van der Waals surface area contributed by atoms with E-state index in [0.717, 1.165) is 28.1 Å². The van der Waals surface area contributed by atoms with Crippen molar-refractivity contribution in [3.63, 3.8) is 0 Å². The quantitative estimate of drug-likeness (QED) is 0.335. The summed E-state index contributed by atoms with van der Waals surface area (Å²) in [7, 11) is 0. The summed E-state index contributed by atoms with van der Waals surface area (Å²) in [4.78, 5) is 31.7. The SMILES string of the molecule is N#Cc1ccc(Cl)cc1NC(=O)COC(=O)c1c2c(nc3ccccc13)/C(=C\c1cccs1)CC2. The highest BCUT2D eigenvalue weighted by Crippen LogP contribution is 2.38. The molecule has 1 N–H and O–H groups in total. The van der Waals surface area contributed by atoms with Gasteiger partial charge in [0.2, 0.25) is 0 Å². The molecule has 1 aliphatic carbocycles. The summed E-state index contributed by atoms with van der Waals surface area (Å²) >= 11 is 7.62. The van der Waals surface area contributed by atoms with E-state index in [1.807, 2.05) is 47.8 Å². The van der Waals surface area contributed by atoms with E-state index >= 15 is 0 Å². The van der Waals surface area contributed by atoms with E-state index in [2.05, 4.69) is 11.4 Å². The fourth-order valence-corrected chi connectivity index (χ4v) is 5.02. The molecule has 1 amide bonds. The Kier molecular flexibility index (Phi) is 6.32. The van der Waals surface area contributed by atoms with Gasteiger partial charge >= 0.3 is 5.97 Å². The fraction of sp³-hybridized carbons (Fsp3) is 0.111. The smallest absolute Gasteiger partial charge is 0.339 e. The number of allylic oxidation sites excluding steroid dienone is 1. The summed E-state index contributed by atoms with van der Waals surface area (Å²) in [6.07, 6.45) is 3.54. The van der Waals surface area contributed by atoms with Gasteiger partial charge in [-0.2, -0.15) is 5.26 Å². The van der Waals surface area contributed by atoms with Gasteiger partial charge < -0.3 is 10.1 Å². The van der Waals surface area contributed by atoms with Crippen LogP contribution in [0.15, 0.2) is 60.0 Å². The summed E-state index contributed by atoms with van der Waals surface area (Å²) in [5.41, 5.74) is 4.36. The standard InChI is InChI=1S/C27H18ClN3O3S/c28-18-9-7-17(14-29)23(13-18)30-24(32)15-34-27(33)25-20-5-1-2-6-22(20)31-26-16(8-10-21(25)26)12-19-4-3-11-35-19/h1-7,9,11-13H,8,10,15H2,(H,30,32)/b16-12-. The van der Waals surface area contributed by atoms with Crippen LogP contribution in [-0.2, 0) is 16.0 Å². The van der Waals surface area contributed by atoms with Crippen molar-refractivity contribution in [1.29, 1.82) is 5.26 Å². The first-order valence-corrected chi connectivity index (χ1v) is 12.1. The van der Waals surface area contributed by atoms with Crippen LogP contribution in [0.25, 0.3) is 22.6 Å².